The number of hydrogen-bond donors (Lipinski definition) is 1. The third kappa shape index (κ3) is 7.95. The average Bonchev–Trinajstić information content (AvgIpc) is 2.23. The van der Waals surface area contributed by atoms with Crippen molar-refractivity contribution in [3.63, 3.8) is 0 Å². The van der Waals surface area contributed by atoms with Crippen LogP contribution in [0, 0.1) is 0 Å². The number of likely N-dealkylation sites (N-methyl/N-ethyl adjacent to an activating group) is 2. The summed E-state index contributed by atoms with van der Waals surface area (Å²) in [7, 11) is 6.59. The van der Waals surface area contributed by atoms with Crippen molar-refractivity contribution in [3.8, 4) is 0 Å². The highest BCUT2D eigenvalue weighted by Crippen LogP contribution is 1.92. The zero-order valence-electron chi connectivity index (χ0n) is 10.9. The van der Waals surface area contributed by atoms with E-state index in [2.05, 4.69) is 5.32 Å². The predicted molar refractivity (Wildman–Crippen MR) is 68.3 cm³/mol. The number of nitrogens with zero attached hydrogens (tertiary/aromatic N) is 2. The van der Waals surface area contributed by atoms with E-state index < -0.39 is 0 Å². The molecular weight excluding hydrogens is 246 g/mol. The highest BCUT2D eigenvalue weighted by Gasteiger charge is 2.16. The number of rotatable bonds is 7. The molecule has 0 bridgehead atoms. The molecule has 0 aliphatic heterocycles. The Morgan fingerprint density at radius 3 is 2.24 bits per heavy atom. The quantitative estimate of drug-likeness (QED) is 0.656. The van der Waals surface area contributed by atoms with Gasteiger partial charge in [-0.25, -0.2) is 0 Å². The van der Waals surface area contributed by atoms with Crippen molar-refractivity contribution in [2.24, 2.45) is 0 Å². The summed E-state index contributed by atoms with van der Waals surface area (Å²) in [5.74, 6) is -0.199. The summed E-state index contributed by atoms with van der Waals surface area (Å²) in [6.07, 6.45) is 0. The SMILES string of the molecule is CNCC(=O)N(CCOC)CC(=O)N(C)C.Cl. The van der Waals surface area contributed by atoms with Crippen LogP contribution in [0.2, 0.25) is 0 Å². The second-order valence-corrected chi connectivity index (χ2v) is 3.63. The first-order chi connectivity index (χ1) is 7.52. The number of ether oxygens (including phenoxy) is 1. The summed E-state index contributed by atoms with van der Waals surface area (Å²) in [4.78, 5) is 26.1. The summed E-state index contributed by atoms with van der Waals surface area (Å²) < 4.78 is 4.90. The minimum atomic E-state index is -0.102. The van der Waals surface area contributed by atoms with Gasteiger partial charge in [0, 0.05) is 27.7 Å². The maximum Gasteiger partial charge on any atom is 0.241 e. The lowest BCUT2D eigenvalue weighted by Gasteiger charge is -2.23. The fourth-order valence-corrected chi connectivity index (χ4v) is 1.06. The van der Waals surface area contributed by atoms with Crippen LogP contribution >= 0.6 is 12.4 Å². The molecule has 102 valence electrons. The molecule has 0 fully saturated rings. The summed E-state index contributed by atoms with van der Waals surface area (Å²) in [5.41, 5.74) is 0. The molecule has 0 radical (unpaired) electrons. The van der Waals surface area contributed by atoms with Crippen LogP contribution < -0.4 is 5.32 Å². The van der Waals surface area contributed by atoms with Crippen LogP contribution in [0.1, 0.15) is 0 Å². The van der Waals surface area contributed by atoms with E-state index in [0.717, 1.165) is 0 Å². The van der Waals surface area contributed by atoms with Crippen LogP contribution in [0.3, 0.4) is 0 Å². The molecule has 0 aromatic carbocycles. The molecule has 0 rings (SSSR count). The first-order valence-corrected chi connectivity index (χ1v) is 5.14. The van der Waals surface area contributed by atoms with Crippen molar-refractivity contribution in [3.05, 3.63) is 0 Å². The molecule has 0 saturated heterocycles. The Labute approximate surface area is 109 Å². The lowest BCUT2D eigenvalue weighted by Crippen LogP contribution is -2.44. The number of amides is 2. The molecule has 1 N–H and O–H groups in total. The molecule has 0 unspecified atom stereocenters. The fraction of sp³-hybridized carbons (Fsp3) is 0.800. The van der Waals surface area contributed by atoms with Gasteiger partial charge in [-0.1, -0.05) is 0 Å². The van der Waals surface area contributed by atoms with Crippen LogP contribution in [-0.2, 0) is 14.3 Å². The third-order valence-corrected chi connectivity index (χ3v) is 2.07. The van der Waals surface area contributed by atoms with E-state index >= 15 is 0 Å². The molecule has 0 heterocycles. The Morgan fingerprint density at radius 2 is 1.82 bits per heavy atom. The summed E-state index contributed by atoms with van der Waals surface area (Å²) in [6.45, 7) is 1.17. The van der Waals surface area contributed by atoms with E-state index in [1.54, 1.807) is 28.3 Å². The van der Waals surface area contributed by atoms with Crippen molar-refractivity contribution in [2.45, 2.75) is 0 Å². The van der Waals surface area contributed by atoms with E-state index in [-0.39, 0.29) is 37.3 Å². The summed E-state index contributed by atoms with van der Waals surface area (Å²) in [5, 5.41) is 2.77. The predicted octanol–water partition coefficient (Wildman–Crippen LogP) is -0.809. The largest absolute Gasteiger partial charge is 0.383 e. The van der Waals surface area contributed by atoms with Gasteiger partial charge >= 0.3 is 0 Å². The molecule has 0 atom stereocenters. The number of carbonyl (C=O) groups is 2. The van der Waals surface area contributed by atoms with Crippen molar-refractivity contribution < 1.29 is 14.3 Å². The first-order valence-electron chi connectivity index (χ1n) is 5.14. The molecule has 0 aliphatic rings. The van der Waals surface area contributed by atoms with Crippen molar-refractivity contribution in [2.75, 3.05) is 54.5 Å². The lowest BCUT2D eigenvalue weighted by molar-refractivity contribution is -0.139. The Balaban J connectivity index is 0. The Kier molecular flexibility index (Phi) is 11.2. The summed E-state index contributed by atoms with van der Waals surface area (Å²) >= 11 is 0. The number of halogens is 1. The Hall–Kier alpha value is -0.850. The van der Waals surface area contributed by atoms with Crippen molar-refractivity contribution in [1.82, 2.24) is 15.1 Å². The van der Waals surface area contributed by atoms with E-state index in [1.165, 1.54) is 9.80 Å². The molecule has 2 amide bonds. The standard InChI is InChI=1S/C10H21N3O3.ClH/c1-11-7-9(14)13(5-6-16-4)8-10(15)12(2)3;/h11H,5-8H2,1-4H3;1H. The normalized spacial score (nSPS) is 9.41. The fourth-order valence-electron chi connectivity index (χ4n) is 1.06. The van der Waals surface area contributed by atoms with E-state index in [0.29, 0.717) is 13.2 Å². The van der Waals surface area contributed by atoms with Gasteiger partial charge in [-0.05, 0) is 7.05 Å². The number of hydrogen-bond acceptors (Lipinski definition) is 4. The molecule has 0 aromatic rings. The van der Waals surface area contributed by atoms with Gasteiger partial charge in [0.05, 0.1) is 19.7 Å². The van der Waals surface area contributed by atoms with Gasteiger partial charge in [-0.3, -0.25) is 9.59 Å². The Morgan fingerprint density at radius 1 is 1.24 bits per heavy atom. The van der Waals surface area contributed by atoms with E-state index in [9.17, 15) is 9.59 Å². The van der Waals surface area contributed by atoms with Gasteiger partial charge in [-0.2, -0.15) is 0 Å². The lowest BCUT2D eigenvalue weighted by atomic mass is 10.4. The van der Waals surface area contributed by atoms with Gasteiger partial charge in [0.15, 0.2) is 0 Å². The average molecular weight is 268 g/mol. The van der Waals surface area contributed by atoms with Crippen LogP contribution in [0.15, 0.2) is 0 Å². The van der Waals surface area contributed by atoms with Crippen LogP contribution in [0.25, 0.3) is 0 Å². The zero-order valence-corrected chi connectivity index (χ0v) is 11.7. The molecule has 0 saturated carbocycles. The molecule has 17 heavy (non-hydrogen) atoms. The van der Waals surface area contributed by atoms with Crippen LogP contribution in [-0.4, -0.2) is 76.1 Å². The molecule has 6 nitrogen and oxygen atoms in total. The van der Waals surface area contributed by atoms with Gasteiger partial charge in [0.2, 0.25) is 11.8 Å². The minimum Gasteiger partial charge on any atom is -0.383 e. The number of methoxy groups -OCH3 is 1. The maximum atomic E-state index is 11.6. The first kappa shape index (κ1) is 18.5. The van der Waals surface area contributed by atoms with Crippen LogP contribution in [0.5, 0.6) is 0 Å². The van der Waals surface area contributed by atoms with Gasteiger partial charge in [0.25, 0.3) is 0 Å². The van der Waals surface area contributed by atoms with Crippen LogP contribution in [0.4, 0.5) is 0 Å². The van der Waals surface area contributed by atoms with Crippen molar-refractivity contribution >= 4 is 24.2 Å². The van der Waals surface area contributed by atoms with E-state index in [1.807, 2.05) is 0 Å². The monoisotopic (exact) mass is 267 g/mol. The molecular formula is C10H22ClN3O3. The second-order valence-electron chi connectivity index (χ2n) is 3.63. The molecule has 0 spiro atoms. The maximum absolute atomic E-state index is 11.6. The minimum absolute atomic E-state index is 0. The smallest absolute Gasteiger partial charge is 0.241 e. The molecule has 0 aliphatic carbocycles. The summed E-state index contributed by atoms with van der Waals surface area (Å²) in [6, 6.07) is 0. The topological polar surface area (TPSA) is 61.9 Å². The van der Waals surface area contributed by atoms with Gasteiger partial charge in [0.1, 0.15) is 0 Å². The van der Waals surface area contributed by atoms with Gasteiger partial charge < -0.3 is 19.9 Å². The number of nitrogens with one attached hydrogen (secondary N) is 1. The molecule has 7 heteroatoms. The van der Waals surface area contributed by atoms with Gasteiger partial charge in [-0.15, -0.1) is 12.4 Å². The molecule has 0 aromatic heterocycles. The second kappa shape index (κ2) is 10.3. The zero-order chi connectivity index (χ0) is 12.6. The van der Waals surface area contributed by atoms with E-state index in [4.69, 9.17) is 4.74 Å². The highest BCUT2D eigenvalue weighted by molar-refractivity contribution is 5.85. The third-order valence-electron chi connectivity index (χ3n) is 2.07. The highest BCUT2D eigenvalue weighted by atomic mass is 35.5. The number of carbonyl (C=O) groups excluding carboxylic acids is 2. The van der Waals surface area contributed by atoms with Crippen molar-refractivity contribution in [1.29, 1.82) is 0 Å². The Bertz CT molecular complexity index is 237.